The lowest BCUT2D eigenvalue weighted by atomic mass is 9.95. The summed E-state index contributed by atoms with van der Waals surface area (Å²) in [5.41, 5.74) is 0. The summed E-state index contributed by atoms with van der Waals surface area (Å²) in [5, 5.41) is 31.3. The SMILES string of the molecule is CCCCCCC/C=C/CCCC[N+](CC(CC)C(=O)[O-])(CC(CC)C(=O)O)CC(CC)C(=O)O. The fourth-order valence-electron chi connectivity index (χ4n) is 4.84. The molecule has 0 saturated carbocycles. The van der Waals surface area contributed by atoms with Crippen molar-refractivity contribution in [2.24, 2.45) is 17.8 Å². The number of aliphatic carboxylic acids is 3. The van der Waals surface area contributed by atoms with Crippen molar-refractivity contribution in [3.8, 4) is 0 Å². The van der Waals surface area contributed by atoms with E-state index in [-0.39, 0.29) is 24.1 Å². The molecule has 0 amide bonds. The molecule has 0 aliphatic carbocycles. The summed E-state index contributed by atoms with van der Waals surface area (Å²) < 4.78 is 0.198. The van der Waals surface area contributed by atoms with Crippen LogP contribution in [0.15, 0.2) is 12.2 Å². The second kappa shape index (κ2) is 19.3. The lowest BCUT2D eigenvalue weighted by molar-refractivity contribution is -0.935. The molecule has 204 valence electrons. The molecule has 0 saturated heterocycles. The van der Waals surface area contributed by atoms with Crippen LogP contribution >= 0.6 is 0 Å². The highest BCUT2D eigenvalue weighted by Crippen LogP contribution is 2.25. The van der Waals surface area contributed by atoms with Gasteiger partial charge in [0.05, 0.1) is 32.1 Å². The maximum Gasteiger partial charge on any atom is 0.312 e. The molecule has 7 heteroatoms. The van der Waals surface area contributed by atoms with Gasteiger partial charge >= 0.3 is 11.9 Å². The van der Waals surface area contributed by atoms with Gasteiger partial charge in [-0.25, -0.2) is 0 Å². The lowest BCUT2D eigenvalue weighted by Crippen LogP contribution is -2.59. The molecule has 0 aliphatic heterocycles. The molecule has 0 spiro atoms. The Hall–Kier alpha value is -1.89. The highest BCUT2D eigenvalue weighted by atomic mass is 16.4. The monoisotopic (exact) mass is 497 g/mol. The van der Waals surface area contributed by atoms with Gasteiger partial charge in [-0.05, 0) is 51.4 Å². The third-order valence-electron chi connectivity index (χ3n) is 7.23. The summed E-state index contributed by atoms with van der Waals surface area (Å²) in [6.45, 7) is 8.88. The average molecular weight is 498 g/mol. The average Bonchev–Trinajstić information content (AvgIpc) is 2.82. The molecular weight excluding hydrogens is 446 g/mol. The zero-order chi connectivity index (χ0) is 26.7. The van der Waals surface area contributed by atoms with E-state index in [4.69, 9.17) is 0 Å². The van der Waals surface area contributed by atoms with Crippen molar-refractivity contribution in [3.63, 3.8) is 0 Å². The standard InChI is InChI=1S/C28H51NO6/c1-5-9-10-11-12-13-14-15-16-17-18-19-29(20-23(6-2)26(30)31,21-24(7-3)27(32)33)22-25(8-4)28(34)35/h14-15,23-25H,5-13,16-22H2,1-4H3,(H2-,30,31,32,33,34,35)/b15-14+. The topological polar surface area (TPSA) is 115 Å². The Morgan fingerprint density at radius 2 is 1.11 bits per heavy atom. The van der Waals surface area contributed by atoms with E-state index in [0.717, 1.165) is 25.7 Å². The molecule has 0 aromatic carbocycles. The minimum atomic E-state index is -1.15. The number of rotatable bonds is 23. The highest BCUT2D eigenvalue weighted by Gasteiger charge is 2.39. The Morgan fingerprint density at radius 1 is 0.686 bits per heavy atom. The Kier molecular flexibility index (Phi) is 18.3. The number of carboxylic acids is 3. The molecule has 3 atom stereocenters. The number of quaternary nitrogens is 1. The molecule has 0 radical (unpaired) electrons. The van der Waals surface area contributed by atoms with Gasteiger partial charge in [-0.15, -0.1) is 0 Å². The van der Waals surface area contributed by atoms with Crippen molar-refractivity contribution in [1.29, 1.82) is 0 Å². The van der Waals surface area contributed by atoms with Crippen molar-refractivity contribution < 1.29 is 34.2 Å². The summed E-state index contributed by atoms with van der Waals surface area (Å²) in [7, 11) is 0. The van der Waals surface area contributed by atoms with Gasteiger partial charge in [0.1, 0.15) is 11.8 Å². The van der Waals surface area contributed by atoms with Crippen LogP contribution in [0.2, 0.25) is 0 Å². The Morgan fingerprint density at radius 3 is 1.51 bits per heavy atom. The third-order valence-corrected chi connectivity index (χ3v) is 7.23. The van der Waals surface area contributed by atoms with Crippen LogP contribution in [0.4, 0.5) is 0 Å². The van der Waals surface area contributed by atoms with Crippen LogP contribution in [0.1, 0.15) is 105 Å². The molecule has 0 aromatic heterocycles. The molecule has 0 heterocycles. The first-order valence-electron chi connectivity index (χ1n) is 13.8. The van der Waals surface area contributed by atoms with E-state index in [1.165, 1.54) is 32.1 Å². The number of hydrogen-bond acceptors (Lipinski definition) is 4. The highest BCUT2D eigenvalue weighted by molar-refractivity contribution is 5.70. The van der Waals surface area contributed by atoms with Crippen molar-refractivity contribution >= 4 is 17.9 Å². The summed E-state index contributed by atoms with van der Waals surface area (Å²) in [5.74, 6) is -5.01. The Bertz CT molecular complexity index is 573. The van der Waals surface area contributed by atoms with Gasteiger partial charge in [0, 0.05) is 5.92 Å². The predicted octanol–water partition coefficient (Wildman–Crippen LogP) is 4.89. The van der Waals surface area contributed by atoms with E-state index < -0.39 is 35.7 Å². The normalized spacial score (nSPS) is 16.0. The first-order valence-corrected chi connectivity index (χ1v) is 13.8. The summed E-state index contributed by atoms with van der Waals surface area (Å²) in [6, 6.07) is 0. The van der Waals surface area contributed by atoms with Gasteiger partial charge in [-0.3, -0.25) is 9.59 Å². The number of nitrogens with zero attached hydrogens (tertiary/aromatic N) is 1. The molecule has 0 bridgehead atoms. The van der Waals surface area contributed by atoms with E-state index >= 15 is 0 Å². The molecular formula is C28H51NO6. The van der Waals surface area contributed by atoms with E-state index in [1.54, 1.807) is 6.92 Å². The number of carbonyl (C=O) groups is 3. The minimum absolute atomic E-state index is 0.198. The molecule has 3 unspecified atom stereocenters. The zero-order valence-electron chi connectivity index (χ0n) is 22.7. The summed E-state index contributed by atoms with van der Waals surface area (Å²) in [6.07, 6.45) is 15.6. The lowest BCUT2D eigenvalue weighted by Gasteiger charge is -2.44. The minimum Gasteiger partial charge on any atom is -0.550 e. The third kappa shape index (κ3) is 14.3. The summed E-state index contributed by atoms with van der Waals surface area (Å²) >= 11 is 0. The quantitative estimate of drug-likeness (QED) is 0.118. The Labute approximate surface area is 213 Å². The van der Waals surface area contributed by atoms with Crippen LogP contribution in [-0.2, 0) is 14.4 Å². The van der Waals surface area contributed by atoms with Crippen molar-refractivity contribution in [3.05, 3.63) is 12.2 Å². The van der Waals surface area contributed by atoms with E-state index in [9.17, 15) is 29.7 Å². The van der Waals surface area contributed by atoms with Crippen LogP contribution in [-0.4, -0.2) is 58.8 Å². The number of carbonyl (C=O) groups excluding carboxylic acids is 1. The van der Waals surface area contributed by atoms with E-state index in [1.807, 2.05) is 13.8 Å². The first kappa shape index (κ1) is 33.1. The Balaban J connectivity index is 5.41. The molecule has 7 nitrogen and oxygen atoms in total. The number of carboxylic acid groups (broad SMARTS) is 3. The zero-order valence-corrected chi connectivity index (χ0v) is 22.7. The van der Waals surface area contributed by atoms with E-state index in [2.05, 4.69) is 19.1 Å². The van der Waals surface area contributed by atoms with Gasteiger partial charge in [0.2, 0.25) is 0 Å². The fourth-order valence-corrected chi connectivity index (χ4v) is 4.84. The number of allylic oxidation sites excluding steroid dienone is 2. The van der Waals surface area contributed by atoms with Crippen molar-refractivity contribution in [2.45, 2.75) is 105 Å². The largest absolute Gasteiger partial charge is 0.550 e. The smallest absolute Gasteiger partial charge is 0.312 e. The first-order chi connectivity index (χ1) is 16.7. The number of hydrogen-bond donors (Lipinski definition) is 2. The van der Waals surface area contributed by atoms with Gasteiger partial charge in [0.25, 0.3) is 0 Å². The predicted molar refractivity (Wildman–Crippen MR) is 138 cm³/mol. The molecule has 35 heavy (non-hydrogen) atoms. The maximum absolute atomic E-state index is 11.9. The van der Waals surface area contributed by atoms with Crippen LogP contribution < -0.4 is 5.11 Å². The van der Waals surface area contributed by atoms with Crippen molar-refractivity contribution in [1.82, 2.24) is 0 Å². The molecule has 0 rings (SSSR count). The number of unbranched alkanes of at least 4 members (excludes halogenated alkanes) is 7. The van der Waals surface area contributed by atoms with Crippen LogP contribution in [0.3, 0.4) is 0 Å². The van der Waals surface area contributed by atoms with Gasteiger partial charge in [-0.1, -0.05) is 65.5 Å². The van der Waals surface area contributed by atoms with Crippen LogP contribution in [0, 0.1) is 17.8 Å². The van der Waals surface area contributed by atoms with Gasteiger partial charge in [-0.2, -0.15) is 0 Å². The second-order valence-corrected chi connectivity index (χ2v) is 10.1. The van der Waals surface area contributed by atoms with Crippen LogP contribution in [0.25, 0.3) is 0 Å². The van der Waals surface area contributed by atoms with E-state index in [0.29, 0.717) is 25.8 Å². The molecule has 0 aliphatic rings. The summed E-state index contributed by atoms with van der Waals surface area (Å²) in [4.78, 5) is 35.5. The molecule has 2 N–H and O–H groups in total. The molecule has 0 aromatic rings. The van der Waals surface area contributed by atoms with Gasteiger partial charge in [0.15, 0.2) is 0 Å². The van der Waals surface area contributed by atoms with Crippen molar-refractivity contribution in [2.75, 3.05) is 26.2 Å². The van der Waals surface area contributed by atoms with Crippen LogP contribution in [0.5, 0.6) is 0 Å². The van der Waals surface area contributed by atoms with Gasteiger partial charge < -0.3 is 24.6 Å². The fraction of sp³-hybridized carbons (Fsp3) is 0.821. The molecule has 0 fully saturated rings. The second-order valence-electron chi connectivity index (χ2n) is 10.1. The maximum atomic E-state index is 11.9.